The van der Waals surface area contributed by atoms with Gasteiger partial charge < -0.3 is 4.90 Å². The molecule has 33 heavy (non-hydrogen) atoms. The first kappa shape index (κ1) is 23.6. The SMILES string of the molecule is CN(C[C@H](CCN1CCC(c2ccccc2)CC1)c1cccnc1)S(=O)(=O)c1ccccc1. The van der Waals surface area contributed by atoms with E-state index in [2.05, 4.69) is 46.3 Å². The van der Waals surface area contributed by atoms with E-state index in [9.17, 15) is 8.42 Å². The van der Waals surface area contributed by atoms with Gasteiger partial charge in [0.2, 0.25) is 10.0 Å². The van der Waals surface area contributed by atoms with E-state index in [4.69, 9.17) is 0 Å². The highest BCUT2D eigenvalue weighted by Crippen LogP contribution is 2.29. The number of sulfonamides is 1. The van der Waals surface area contributed by atoms with Crippen molar-refractivity contribution in [2.45, 2.75) is 36.0 Å². The third-order valence-corrected chi connectivity index (χ3v) is 8.57. The molecule has 0 spiro atoms. The highest BCUT2D eigenvalue weighted by Gasteiger charge is 2.26. The zero-order chi connectivity index (χ0) is 23.1. The number of aromatic nitrogens is 1. The van der Waals surface area contributed by atoms with Gasteiger partial charge in [-0.1, -0.05) is 54.6 Å². The number of likely N-dealkylation sites (N-methyl/N-ethyl adjacent to an activating group) is 1. The second-order valence-corrected chi connectivity index (χ2v) is 10.9. The Labute approximate surface area is 198 Å². The molecule has 1 aliphatic heterocycles. The number of pyridine rings is 1. The van der Waals surface area contributed by atoms with E-state index in [1.807, 2.05) is 18.3 Å². The van der Waals surface area contributed by atoms with E-state index in [1.165, 1.54) is 22.7 Å². The van der Waals surface area contributed by atoms with Crippen molar-refractivity contribution in [3.05, 3.63) is 96.3 Å². The van der Waals surface area contributed by atoms with E-state index >= 15 is 0 Å². The minimum atomic E-state index is -3.52. The van der Waals surface area contributed by atoms with Gasteiger partial charge in [-0.25, -0.2) is 12.7 Å². The molecule has 0 bridgehead atoms. The predicted octanol–water partition coefficient (Wildman–Crippen LogP) is 4.76. The topological polar surface area (TPSA) is 53.5 Å². The predicted molar refractivity (Wildman–Crippen MR) is 133 cm³/mol. The lowest BCUT2D eigenvalue weighted by Gasteiger charge is -2.33. The van der Waals surface area contributed by atoms with Gasteiger partial charge in [0.25, 0.3) is 0 Å². The fourth-order valence-electron chi connectivity index (χ4n) is 4.72. The van der Waals surface area contributed by atoms with Crippen LogP contribution in [0.25, 0.3) is 0 Å². The fourth-order valence-corrected chi connectivity index (χ4v) is 5.95. The van der Waals surface area contributed by atoms with Crippen molar-refractivity contribution in [1.29, 1.82) is 0 Å². The molecule has 0 radical (unpaired) electrons. The molecule has 174 valence electrons. The average molecular weight is 464 g/mol. The highest BCUT2D eigenvalue weighted by atomic mass is 32.2. The van der Waals surface area contributed by atoms with Gasteiger partial charge in [-0.15, -0.1) is 0 Å². The molecule has 4 rings (SSSR count). The van der Waals surface area contributed by atoms with Crippen LogP contribution in [0.2, 0.25) is 0 Å². The van der Waals surface area contributed by atoms with Gasteiger partial charge in [-0.3, -0.25) is 4.98 Å². The van der Waals surface area contributed by atoms with Crippen LogP contribution in [-0.2, 0) is 10.0 Å². The number of piperidine rings is 1. The molecular weight excluding hydrogens is 430 g/mol. The summed E-state index contributed by atoms with van der Waals surface area (Å²) in [5.41, 5.74) is 2.53. The van der Waals surface area contributed by atoms with Gasteiger partial charge in [0, 0.05) is 31.9 Å². The Kier molecular flexibility index (Phi) is 7.91. The van der Waals surface area contributed by atoms with Gasteiger partial charge >= 0.3 is 0 Å². The second kappa shape index (κ2) is 11.1. The van der Waals surface area contributed by atoms with Crippen LogP contribution in [0.15, 0.2) is 90.1 Å². The van der Waals surface area contributed by atoms with Crippen molar-refractivity contribution < 1.29 is 8.42 Å². The van der Waals surface area contributed by atoms with Gasteiger partial charge in [-0.2, -0.15) is 0 Å². The number of nitrogens with zero attached hydrogens (tertiary/aromatic N) is 3. The summed E-state index contributed by atoms with van der Waals surface area (Å²) < 4.78 is 27.6. The standard InChI is InChI=1S/C27H33N3O2S/c1-29(33(31,32)27-12-6-3-7-13-27)22-26(25-11-8-17-28-21-25)16-20-30-18-14-24(15-19-30)23-9-4-2-5-10-23/h2-13,17,21,24,26H,14-16,18-20,22H2,1H3/t26-/m0/s1. The molecule has 6 heteroatoms. The Morgan fingerprint density at radius 2 is 1.64 bits per heavy atom. The molecule has 0 aliphatic carbocycles. The maximum absolute atomic E-state index is 13.1. The maximum atomic E-state index is 13.1. The number of rotatable bonds is 9. The lowest BCUT2D eigenvalue weighted by Crippen LogP contribution is -2.36. The van der Waals surface area contributed by atoms with Crippen molar-refractivity contribution in [1.82, 2.24) is 14.2 Å². The number of benzene rings is 2. The van der Waals surface area contributed by atoms with E-state index in [0.29, 0.717) is 17.4 Å². The summed E-state index contributed by atoms with van der Waals surface area (Å²) >= 11 is 0. The molecule has 3 aromatic rings. The monoisotopic (exact) mass is 463 g/mol. The van der Waals surface area contributed by atoms with Crippen LogP contribution in [0, 0.1) is 0 Å². The minimum absolute atomic E-state index is 0.0917. The average Bonchev–Trinajstić information content (AvgIpc) is 2.88. The fraction of sp³-hybridized carbons (Fsp3) is 0.370. The molecule has 1 saturated heterocycles. The molecule has 0 unspecified atom stereocenters. The Balaban J connectivity index is 1.39. The molecule has 0 amide bonds. The maximum Gasteiger partial charge on any atom is 0.242 e. The van der Waals surface area contributed by atoms with E-state index in [1.54, 1.807) is 37.5 Å². The van der Waals surface area contributed by atoms with Gasteiger partial charge in [0.05, 0.1) is 4.90 Å². The number of hydrogen-bond donors (Lipinski definition) is 0. The van der Waals surface area contributed by atoms with E-state index in [-0.39, 0.29) is 5.92 Å². The lowest BCUT2D eigenvalue weighted by molar-refractivity contribution is 0.203. The summed E-state index contributed by atoms with van der Waals surface area (Å²) in [6, 6.07) is 23.5. The first-order valence-corrected chi connectivity index (χ1v) is 13.2. The van der Waals surface area contributed by atoms with Crippen molar-refractivity contribution in [3.63, 3.8) is 0 Å². The summed E-state index contributed by atoms with van der Waals surface area (Å²) in [5, 5.41) is 0. The van der Waals surface area contributed by atoms with E-state index in [0.717, 1.165) is 31.6 Å². The van der Waals surface area contributed by atoms with Crippen LogP contribution in [-0.4, -0.2) is 55.8 Å². The molecule has 1 fully saturated rings. The molecule has 2 heterocycles. The van der Waals surface area contributed by atoms with Crippen LogP contribution >= 0.6 is 0 Å². The molecular formula is C27H33N3O2S. The molecule has 1 aliphatic rings. The molecule has 0 saturated carbocycles. The van der Waals surface area contributed by atoms with Crippen LogP contribution < -0.4 is 0 Å². The normalized spacial score (nSPS) is 16.7. The summed E-state index contributed by atoms with van der Waals surface area (Å²) in [5.74, 6) is 0.729. The Morgan fingerprint density at radius 3 is 2.27 bits per heavy atom. The molecule has 2 aromatic carbocycles. The van der Waals surface area contributed by atoms with Crippen LogP contribution in [0.1, 0.15) is 42.2 Å². The molecule has 5 nitrogen and oxygen atoms in total. The first-order valence-electron chi connectivity index (χ1n) is 11.7. The van der Waals surface area contributed by atoms with Crippen molar-refractivity contribution in [2.24, 2.45) is 0 Å². The Bertz CT molecular complexity index is 1080. The first-order chi connectivity index (χ1) is 16.0. The second-order valence-electron chi connectivity index (χ2n) is 8.90. The summed E-state index contributed by atoms with van der Waals surface area (Å²) in [6.45, 7) is 3.55. The van der Waals surface area contributed by atoms with Crippen LogP contribution in [0.3, 0.4) is 0 Å². The smallest absolute Gasteiger partial charge is 0.242 e. The quantitative estimate of drug-likeness (QED) is 0.459. The summed E-state index contributed by atoms with van der Waals surface area (Å²) in [6.07, 6.45) is 6.87. The van der Waals surface area contributed by atoms with Gasteiger partial charge in [0.15, 0.2) is 0 Å². The third-order valence-electron chi connectivity index (χ3n) is 6.74. The van der Waals surface area contributed by atoms with Crippen molar-refractivity contribution in [2.75, 3.05) is 33.2 Å². The minimum Gasteiger partial charge on any atom is -0.303 e. The third kappa shape index (κ3) is 6.08. The molecule has 1 aromatic heterocycles. The van der Waals surface area contributed by atoms with Crippen molar-refractivity contribution >= 4 is 10.0 Å². The summed E-state index contributed by atoms with van der Waals surface area (Å²) in [4.78, 5) is 7.15. The zero-order valence-corrected chi connectivity index (χ0v) is 20.1. The van der Waals surface area contributed by atoms with Crippen molar-refractivity contribution in [3.8, 4) is 0 Å². The molecule has 0 N–H and O–H groups in total. The van der Waals surface area contributed by atoms with E-state index < -0.39 is 10.0 Å². The van der Waals surface area contributed by atoms with Crippen LogP contribution in [0.5, 0.6) is 0 Å². The summed E-state index contributed by atoms with van der Waals surface area (Å²) in [7, 11) is -1.85. The number of hydrogen-bond acceptors (Lipinski definition) is 4. The Hall–Kier alpha value is -2.54. The van der Waals surface area contributed by atoms with Crippen LogP contribution in [0.4, 0.5) is 0 Å². The lowest BCUT2D eigenvalue weighted by atomic mass is 9.89. The highest BCUT2D eigenvalue weighted by molar-refractivity contribution is 7.89. The Morgan fingerprint density at radius 1 is 0.970 bits per heavy atom. The largest absolute Gasteiger partial charge is 0.303 e. The zero-order valence-electron chi connectivity index (χ0n) is 19.3. The number of likely N-dealkylation sites (tertiary alicyclic amines) is 1. The van der Waals surface area contributed by atoms with Gasteiger partial charge in [-0.05, 0) is 74.1 Å². The van der Waals surface area contributed by atoms with Gasteiger partial charge in [0.1, 0.15) is 0 Å². The molecule has 1 atom stereocenters.